The first-order chi connectivity index (χ1) is 8.22. The van der Waals surface area contributed by atoms with Gasteiger partial charge in [-0.05, 0) is 30.9 Å². The van der Waals surface area contributed by atoms with E-state index >= 15 is 0 Å². The maximum Gasteiger partial charge on any atom is 0.0574 e. The van der Waals surface area contributed by atoms with Crippen molar-refractivity contribution in [1.82, 2.24) is 0 Å². The van der Waals surface area contributed by atoms with Crippen molar-refractivity contribution in [2.24, 2.45) is 5.73 Å². The number of hydrogen-bond acceptors (Lipinski definition) is 3. The third-order valence-electron chi connectivity index (χ3n) is 3.58. The molecule has 1 fully saturated rings. The van der Waals surface area contributed by atoms with Crippen LogP contribution in [0, 0.1) is 0 Å². The van der Waals surface area contributed by atoms with Gasteiger partial charge >= 0.3 is 0 Å². The van der Waals surface area contributed by atoms with E-state index in [1.54, 1.807) is 0 Å². The molecule has 0 unspecified atom stereocenters. The Bertz CT molecular complexity index is 359. The Balaban J connectivity index is 2.19. The first kappa shape index (κ1) is 12.4. The van der Waals surface area contributed by atoms with E-state index in [1.807, 2.05) is 6.07 Å². The highest BCUT2D eigenvalue weighted by Crippen LogP contribution is 2.28. The fourth-order valence-corrected chi connectivity index (χ4v) is 2.42. The molecule has 2 rings (SSSR count). The molecule has 0 aliphatic carbocycles. The van der Waals surface area contributed by atoms with Gasteiger partial charge < -0.3 is 15.7 Å². The highest BCUT2D eigenvalue weighted by atomic mass is 16.3. The number of piperidine rings is 1. The van der Waals surface area contributed by atoms with Crippen LogP contribution in [0.2, 0.25) is 0 Å². The molecule has 0 spiro atoms. The Morgan fingerprint density at radius 2 is 2.00 bits per heavy atom. The van der Waals surface area contributed by atoms with Crippen LogP contribution >= 0.6 is 0 Å². The molecule has 1 atom stereocenters. The molecule has 0 aromatic heterocycles. The number of hydrogen-bond donors (Lipinski definition) is 2. The fourth-order valence-electron chi connectivity index (χ4n) is 2.42. The van der Waals surface area contributed by atoms with Crippen LogP contribution in [0.15, 0.2) is 24.3 Å². The summed E-state index contributed by atoms with van der Waals surface area (Å²) in [6.45, 7) is 3.96. The third kappa shape index (κ3) is 2.79. The Labute approximate surface area is 103 Å². The molecule has 1 saturated heterocycles. The van der Waals surface area contributed by atoms with E-state index < -0.39 is 0 Å². The van der Waals surface area contributed by atoms with E-state index in [2.05, 4.69) is 30.0 Å². The van der Waals surface area contributed by atoms with Crippen molar-refractivity contribution >= 4 is 5.69 Å². The first-order valence-electron chi connectivity index (χ1n) is 6.50. The van der Waals surface area contributed by atoms with Crippen LogP contribution in [0.4, 0.5) is 5.69 Å². The summed E-state index contributed by atoms with van der Waals surface area (Å²) in [5, 5.41) is 9.55. The Hall–Kier alpha value is -1.06. The topological polar surface area (TPSA) is 49.5 Å². The van der Waals surface area contributed by atoms with Crippen LogP contribution in [0.25, 0.3) is 0 Å². The van der Waals surface area contributed by atoms with Gasteiger partial charge in [-0.25, -0.2) is 0 Å². The Morgan fingerprint density at radius 3 is 2.65 bits per heavy atom. The second-order valence-electron chi connectivity index (χ2n) is 4.79. The number of aliphatic hydroxyl groups is 1. The molecule has 0 amide bonds. The molecule has 1 aromatic carbocycles. The number of nitrogens with zero attached hydrogens (tertiary/aromatic N) is 1. The van der Waals surface area contributed by atoms with E-state index in [9.17, 15) is 5.11 Å². The first-order valence-corrected chi connectivity index (χ1v) is 6.50. The van der Waals surface area contributed by atoms with Crippen molar-refractivity contribution < 1.29 is 5.11 Å². The van der Waals surface area contributed by atoms with Crippen molar-refractivity contribution in [3.8, 4) is 0 Å². The lowest BCUT2D eigenvalue weighted by Gasteiger charge is -2.33. The van der Waals surface area contributed by atoms with Gasteiger partial charge in [0.1, 0.15) is 0 Å². The molecule has 3 heteroatoms. The van der Waals surface area contributed by atoms with E-state index in [0.29, 0.717) is 0 Å². The van der Waals surface area contributed by atoms with Gasteiger partial charge in [0.15, 0.2) is 0 Å². The predicted molar refractivity (Wildman–Crippen MR) is 71.1 cm³/mol. The lowest BCUT2D eigenvalue weighted by Crippen LogP contribution is -2.36. The van der Waals surface area contributed by atoms with Gasteiger partial charge in [0.2, 0.25) is 0 Å². The van der Waals surface area contributed by atoms with Gasteiger partial charge in [0.05, 0.1) is 6.10 Å². The van der Waals surface area contributed by atoms with Crippen molar-refractivity contribution in [3.63, 3.8) is 0 Å². The highest BCUT2D eigenvalue weighted by molar-refractivity contribution is 5.55. The van der Waals surface area contributed by atoms with Crippen LogP contribution in [-0.4, -0.2) is 24.3 Å². The zero-order chi connectivity index (χ0) is 12.3. The number of rotatable bonds is 3. The number of benzene rings is 1. The summed E-state index contributed by atoms with van der Waals surface area (Å²) in [6.07, 6.45) is 2.54. The highest BCUT2D eigenvalue weighted by Gasteiger charge is 2.20. The van der Waals surface area contributed by atoms with Crippen molar-refractivity contribution in [1.29, 1.82) is 0 Å². The Morgan fingerprint density at radius 1 is 1.35 bits per heavy atom. The summed E-state index contributed by atoms with van der Waals surface area (Å²) in [5.74, 6) is 0. The largest absolute Gasteiger partial charge is 0.393 e. The molecular weight excluding hydrogens is 212 g/mol. The van der Waals surface area contributed by atoms with Crippen molar-refractivity contribution in [3.05, 3.63) is 29.8 Å². The standard InChI is InChI=1S/C14H22N2O/c1-2-13(15)12-5-3-4-6-14(12)16-9-7-11(17)8-10-16/h3-6,11,13,17H,2,7-10,15H2,1H3/t13-/m0/s1. The molecule has 1 heterocycles. The molecule has 3 nitrogen and oxygen atoms in total. The molecule has 0 radical (unpaired) electrons. The molecular formula is C14H22N2O. The Kier molecular flexibility index (Phi) is 4.02. The smallest absolute Gasteiger partial charge is 0.0574 e. The molecule has 17 heavy (non-hydrogen) atoms. The van der Waals surface area contributed by atoms with Crippen molar-refractivity contribution in [2.45, 2.75) is 38.3 Å². The molecule has 1 aliphatic rings. The van der Waals surface area contributed by atoms with Gasteiger partial charge in [-0.15, -0.1) is 0 Å². The zero-order valence-electron chi connectivity index (χ0n) is 10.5. The lowest BCUT2D eigenvalue weighted by atomic mass is 10.00. The van der Waals surface area contributed by atoms with E-state index in [4.69, 9.17) is 5.73 Å². The van der Waals surface area contributed by atoms with E-state index in [0.717, 1.165) is 32.4 Å². The molecule has 1 aliphatic heterocycles. The maximum absolute atomic E-state index is 9.55. The van der Waals surface area contributed by atoms with Gasteiger partial charge in [-0.1, -0.05) is 25.1 Å². The molecule has 0 saturated carbocycles. The van der Waals surface area contributed by atoms with Gasteiger partial charge in [0, 0.05) is 24.8 Å². The van der Waals surface area contributed by atoms with Crippen LogP contribution in [0.1, 0.15) is 37.8 Å². The average Bonchev–Trinajstić information content (AvgIpc) is 2.39. The van der Waals surface area contributed by atoms with Crippen LogP contribution in [0.5, 0.6) is 0 Å². The van der Waals surface area contributed by atoms with E-state index in [1.165, 1.54) is 11.3 Å². The maximum atomic E-state index is 9.55. The summed E-state index contributed by atoms with van der Waals surface area (Å²) in [4.78, 5) is 2.34. The molecule has 0 bridgehead atoms. The summed E-state index contributed by atoms with van der Waals surface area (Å²) >= 11 is 0. The molecule has 3 N–H and O–H groups in total. The third-order valence-corrected chi connectivity index (χ3v) is 3.58. The van der Waals surface area contributed by atoms with Crippen LogP contribution in [0.3, 0.4) is 0 Å². The molecule has 1 aromatic rings. The number of aliphatic hydroxyl groups excluding tert-OH is 1. The van der Waals surface area contributed by atoms with Crippen molar-refractivity contribution in [2.75, 3.05) is 18.0 Å². The zero-order valence-corrected chi connectivity index (χ0v) is 10.5. The monoisotopic (exact) mass is 234 g/mol. The minimum atomic E-state index is -0.127. The number of nitrogens with two attached hydrogens (primary N) is 1. The predicted octanol–water partition coefficient (Wildman–Crippen LogP) is 2.06. The summed E-state index contributed by atoms with van der Waals surface area (Å²) in [5.41, 5.74) is 8.63. The van der Waals surface area contributed by atoms with Crippen LogP contribution < -0.4 is 10.6 Å². The van der Waals surface area contributed by atoms with Crippen LogP contribution in [-0.2, 0) is 0 Å². The van der Waals surface area contributed by atoms with E-state index in [-0.39, 0.29) is 12.1 Å². The van der Waals surface area contributed by atoms with Gasteiger partial charge in [0.25, 0.3) is 0 Å². The second kappa shape index (κ2) is 5.52. The second-order valence-corrected chi connectivity index (χ2v) is 4.79. The SMILES string of the molecule is CC[C@H](N)c1ccccc1N1CCC(O)CC1. The summed E-state index contributed by atoms with van der Waals surface area (Å²) in [6, 6.07) is 8.48. The fraction of sp³-hybridized carbons (Fsp3) is 0.571. The lowest BCUT2D eigenvalue weighted by molar-refractivity contribution is 0.145. The quantitative estimate of drug-likeness (QED) is 0.841. The molecule has 94 valence electrons. The van der Waals surface area contributed by atoms with Gasteiger partial charge in [-0.2, -0.15) is 0 Å². The number of anilines is 1. The normalized spacial score (nSPS) is 19.4. The average molecular weight is 234 g/mol. The minimum absolute atomic E-state index is 0.109. The minimum Gasteiger partial charge on any atom is -0.393 e. The van der Waals surface area contributed by atoms with Gasteiger partial charge in [-0.3, -0.25) is 0 Å². The summed E-state index contributed by atoms with van der Waals surface area (Å²) in [7, 11) is 0. The summed E-state index contributed by atoms with van der Waals surface area (Å²) < 4.78 is 0. The number of para-hydroxylation sites is 1.